The fourth-order valence-electron chi connectivity index (χ4n) is 4.33. The molecule has 6 nitrogen and oxygen atoms in total. The van der Waals surface area contributed by atoms with E-state index in [9.17, 15) is 4.79 Å². The van der Waals surface area contributed by atoms with E-state index in [0.717, 1.165) is 51.5 Å². The fraction of sp³-hybridized carbons (Fsp3) is 0.565. The average molecular weight is 396 g/mol. The summed E-state index contributed by atoms with van der Waals surface area (Å²) in [5.74, 6) is 0.735. The van der Waals surface area contributed by atoms with Crippen LogP contribution in [0.4, 0.5) is 0 Å². The van der Waals surface area contributed by atoms with E-state index in [1.165, 1.54) is 24.0 Å². The van der Waals surface area contributed by atoms with Crippen molar-refractivity contribution in [1.82, 2.24) is 25.3 Å². The molecule has 156 valence electrons. The molecule has 2 fully saturated rings. The van der Waals surface area contributed by atoms with Gasteiger partial charge in [0.05, 0.1) is 6.04 Å². The second-order valence-corrected chi connectivity index (χ2v) is 8.59. The van der Waals surface area contributed by atoms with Crippen molar-refractivity contribution in [3.8, 4) is 0 Å². The Morgan fingerprint density at radius 2 is 1.97 bits per heavy atom. The first-order chi connectivity index (χ1) is 14.2. The zero-order chi connectivity index (χ0) is 20.1. The minimum Gasteiger partial charge on any atom is -0.347 e. The van der Waals surface area contributed by atoms with Gasteiger partial charge in [-0.3, -0.25) is 14.4 Å². The second-order valence-electron chi connectivity index (χ2n) is 8.59. The third kappa shape index (κ3) is 5.25. The standard InChI is InChI=1S/C23H33N5O/c1-18-8-12-27(13-9-18)17-20-6-3-2-5-19(20)15-25-23(29)22-10-14-28(26-22)21-7-4-11-24-16-21/h2-3,5-6,10,14,18,21,24H,4,7-9,11-13,15-17H2,1H3,(H,25,29). The predicted octanol–water partition coefficient (Wildman–Crippen LogP) is 2.97. The molecule has 3 heterocycles. The first-order valence-electron chi connectivity index (χ1n) is 11.0. The largest absolute Gasteiger partial charge is 0.347 e. The molecule has 2 N–H and O–H groups in total. The van der Waals surface area contributed by atoms with Gasteiger partial charge in [0.25, 0.3) is 5.91 Å². The van der Waals surface area contributed by atoms with E-state index in [0.29, 0.717) is 18.3 Å². The van der Waals surface area contributed by atoms with Gasteiger partial charge in [0.15, 0.2) is 0 Å². The molecule has 1 amide bonds. The maximum atomic E-state index is 12.6. The van der Waals surface area contributed by atoms with Gasteiger partial charge in [0, 0.05) is 25.8 Å². The lowest BCUT2D eigenvalue weighted by Crippen LogP contribution is -2.33. The van der Waals surface area contributed by atoms with Crippen molar-refractivity contribution in [2.24, 2.45) is 5.92 Å². The number of carbonyl (C=O) groups excluding carboxylic acids is 1. The smallest absolute Gasteiger partial charge is 0.272 e. The summed E-state index contributed by atoms with van der Waals surface area (Å²) >= 11 is 0. The number of amides is 1. The van der Waals surface area contributed by atoms with Gasteiger partial charge in [-0.2, -0.15) is 5.10 Å². The van der Waals surface area contributed by atoms with E-state index in [1.807, 2.05) is 23.0 Å². The first-order valence-corrected chi connectivity index (χ1v) is 11.0. The van der Waals surface area contributed by atoms with E-state index in [4.69, 9.17) is 0 Å². The van der Waals surface area contributed by atoms with Crippen molar-refractivity contribution >= 4 is 5.91 Å². The topological polar surface area (TPSA) is 62.2 Å². The van der Waals surface area contributed by atoms with E-state index in [2.05, 4.69) is 45.8 Å². The van der Waals surface area contributed by atoms with Crippen molar-refractivity contribution in [2.45, 2.75) is 51.7 Å². The van der Waals surface area contributed by atoms with Gasteiger partial charge in [0.2, 0.25) is 0 Å². The van der Waals surface area contributed by atoms with E-state index in [-0.39, 0.29) is 5.91 Å². The summed E-state index contributed by atoms with van der Waals surface area (Å²) in [7, 11) is 0. The van der Waals surface area contributed by atoms with Crippen LogP contribution in [0.15, 0.2) is 36.5 Å². The van der Waals surface area contributed by atoms with Crippen LogP contribution in [0.25, 0.3) is 0 Å². The summed E-state index contributed by atoms with van der Waals surface area (Å²) in [6, 6.07) is 10.6. The van der Waals surface area contributed by atoms with Gasteiger partial charge < -0.3 is 10.6 Å². The van der Waals surface area contributed by atoms with Crippen LogP contribution >= 0.6 is 0 Å². The number of benzene rings is 1. The van der Waals surface area contributed by atoms with Crippen LogP contribution in [-0.2, 0) is 13.1 Å². The molecule has 2 aliphatic heterocycles. The number of hydrogen-bond donors (Lipinski definition) is 2. The summed E-state index contributed by atoms with van der Waals surface area (Å²) in [6.45, 7) is 8.16. The Morgan fingerprint density at radius 3 is 2.72 bits per heavy atom. The molecule has 1 aromatic heterocycles. The highest BCUT2D eigenvalue weighted by Crippen LogP contribution is 2.20. The molecule has 2 saturated heterocycles. The lowest BCUT2D eigenvalue weighted by Gasteiger charge is -2.30. The van der Waals surface area contributed by atoms with E-state index >= 15 is 0 Å². The maximum absolute atomic E-state index is 12.6. The van der Waals surface area contributed by atoms with Gasteiger partial charge in [0.1, 0.15) is 5.69 Å². The van der Waals surface area contributed by atoms with Gasteiger partial charge in [-0.15, -0.1) is 0 Å². The number of nitrogens with one attached hydrogen (secondary N) is 2. The minimum atomic E-state index is -0.103. The SMILES string of the molecule is CC1CCN(Cc2ccccc2CNC(=O)c2ccn(C3CCCNC3)n2)CC1. The Bertz CT molecular complexity index is 803. The van der Waals surface area contributed by atoms with Crippen LogP contribution in [0, 0.1) is 5.92 Å². The van der Waals surface area contributed by atoms with Crippen LogP contribution in [0.2, 0.25) is 0 Å². The lowest BCUT2D eigenvalue weighted by molar-refractivity contribution is 0.0944. The van der Waals surface area contributed by atoms with Crippen molar-refractivity contribution in [2.75, 3.05) is 26.2 Å². The highest BCUT2D eigenvalue weighted by Gasteiger charge is 2.19. The Morgan fingerprint density at radius 1 is 1.17 bits per heavy atom. The van der Waals surface area contributed by atoms with Gasteiger partial charge >= 0.3 is 0 Å². The van der Waals surface area contributed by atoms with E-state index in [1.54, 1.807) is 0 Å². The highest BCUT2D eigenvalue weighted by molar-refractivity contribution is 5.92. The summed E-state index contributed by atoms with van der Waals surface area (Å²) in [6.07, 6.45) is 6.74. The third-order valence-electron chi connectivity index (χ3n) is 6.31. The number of likely N-dealkylation sites (tertiary alicyclic amines) is 1. The Hall–Kier alpha value is -2.18. The number of piperidine rings is 2. The van der Waals surface area contributed by atoms with Crippen molar-refractivity contribution in [3.05, 3.63) is 53.3 Å². The molecular weight excluding hydrogens is 362 g/mol. The van der Waals surface area contributed by atoms with Crippen LogP contribution in [-0.4, -0.2) is 46.8 Å². The Balaban J connectivity index is 1.34. The summed E-state index contributed by atoms with van der Waals surface area (Å²) in [5.41, 5.74) is 3.00. The lowest BCUT2D eigenvalue weighted by atomic mass is 9.98. The molecule has 1 aromatic carbocycles. The molecule has 1 unspecified atom stereocenters. The Labute approximate surface area is 173 Å². The van der Waals surface area contributed by atoms with Crippen LogP contribution in [0.1, 0.15) is 60.3 Å². The van der Waals surface area contributed by atoms with Crippen molar-refractivity contribution < 1.29 is 4.79 Å². The zero-order valence-electron chi connectivity index (χ0n) is 17.4. The molecule has 29 heavy (non-hydrogen) atoms. The molecule has 2 aliphatic rings. The van der Waals surface area contributed by atoms with Crippen LogP contribution in [0.5, 0.6) is 0 Å². The highest BCUT2D eigenvalue weighted by atomic mass is 16.1. The number of nitrogens with zero attached hydrogens (tertiary/aromatic N) is 3. The molecule has 1 atom stereocenters. The second kappa shape index (κ2) is 9.55. The zero-order valence-corrected chi connectivity index (χ0v) is 17.4. The van der Waals surface area contributed by atoms with Crippen molar-refractivity contribution in [3.63, 3.8) is 0 Å². The molecule has 6 heteroatoms. The average Bonchev–Trinajstić information content (AvgIpc) is 3.26. The van der Waals surface area contributed by atoms with Crippen LogP contribution < -0.4 is 10.6 Å². The van der Waals surface area contributed by atoms with Crippen LogP contribution in [0.3, 0.4) is 0 Å². The van der Waals surface area contributed by atoms with Gasteiger partial charge in [-0.25, -0.2) is 0 Å². The molecule has 0 spiro atoms. The Kier molecular flexibility index (Phi) is 6.62. The molecule has 0 radical (unpaired) electrons. The number of carbonyl (C=O) groups is 1. The molecule has 2 aromatic rings. The maximum Gasteiger partial charge on any atom is 0.272 e. The first kappa shape index (κ1) is 20.1. The molecular formula is C23H33N5O. The molecule has 0 bridgehead atoms. The quantitative estimate of drug-likeness (QED) is 0.789. The minimum absolute atomic E-state index is 0.103. The third-order valence-corrected chi connectivity index (χ3v) is 6.31. The number of aromatic nitrogens is 2. The molecule has 4 rings (SSSR count). The number of rotatable bonds is 6. The molecule has 0 saturated carbocycles. The summed E-state index contributed by atoms with van der Waals surface area (Å²) < 4.78 is 1.94. The molecule has 0 aliphatic carbocycles. The normalized spacial score (nSPS) is 21.2. The summed E-state index contributed by atoms with van der Waals surface area (Å²) in [4.78, 5) is 15.2. The van der Waals surface area contributed by atoms with E-state index < -0.39 is 0 Å². The van der Waals surface area contributed by atoms with Gasteiger partial charge in [-0.1, -0.05) is 31.2 Å². The van der Waals surface area contributed by atoms with Crippen molar-refractivity contribution in [1.29, 1.82) is 0 Å². The fourth-order valence-corrected chi connectivity index (χ4v) is 4.33. The van der Waals surface area contributed by atoms with Gasteiger partial charge in [-0.05, 0) is 68.4 Å². The summed E-state index contributed by atoms with van der Waals surface area (Å²) in [5, 5.41) is 11.0. The monoisotopic (exact) mass is 395 g/mol. The number of hydrogen-bond acceptors (Lipinski definition) is 4. The predicted molar refractivity (Wildman–Crippen MR) is 115 cm³/mol.